The van der Waals surface area contributed by atoms with E-state index in [1.165, 1.54) is 30.6 Å². The molecule has 2 fully saturated rings. The number of rotatable bonds is 2. The highest BCUT2D eigenvalue weighted by atomic mass is 35.5. The van der Waals surface area contributed by atoms with Gasteiger partial charge in [-0.1, -0.05) is 22.9 Å². The van der Waals surface area contributed by atoms with E-state index >= 15 is 0 Å². The Hall–Kier alpha value is -0.610. The van der Waals surface area contributed by atoms with Gasteiger partial charge in [-0.3, -0.25) is 4.79 Å². The lowest BCUT2D eigenvalue weighted by Gasteiger charge is -2.26. The summed E-state index contributed by atoms with van der Waals surface area (Å²) in [5, 5.41) is 1.28. The molecule has 80 valence electrons. The molecule has 2 heterocycles. The van der Waals surface area contributed by atoms with Crippen molar-refractivity contribution in [3.05, 3.63) is 10.0 Å². The van der Waals surface area contributed by atoms with Crippen LogP contribution in [0.1, 0.15) is 28.9 Å². The number of carbonyl (C=O) groups excluding carboxylic acids is 1. The molecule has 2 atom stereocenters. The van der Waals surface area contributed by atoms with Gasteiger partial charge in [-0.2, -0.15) is 0 Å². The molecule has 1 saturated heterocycles. The summed E-state index contributed by atoms with van der Waals surface area (Å²) in [7, 11) is 0. The molecule has 0 amide bonds. The second-order valence-electron chi connectivity index (χ2n) is 4.25. The summed E-state index contributed by atoms with van der Waals surface area (Å²) in [4.78, 5) is 17.8. The van der Waals surface area contributed by atoms with Crippen molar-refractivity contribution in [2.45, 2.75) is 25.3 Å². The van der Waals surface area contributed by atoms with Crippen LogP contribution >= 0.6 is 22.9 Å². The third-order valence-corrected chi connectivity index (χ3v) is 4.78. The molecule has 1 saturated carbocycles. The van der Waals surface area contributed by atoms with Crippen LogP contribution in [0, 0.1) is 5.92 Å². The van der Waals surface area contributed by atoms with E-state index in [1.54, 1.807) is 0 Å². The first-order chi connectivity index (χ1) is 7.28. The standard InChI is InChI=1S/C10H11ClN2OS/c11-9-8(5-14)15-10(12-9)13-4-6-1-2-7(13)3-6/h5-7H,1-4H2. The van der Waals surface area contributed by atoms with Crippen molar-refractivity contribution in [1.29, 1.82) is 0 Å². The maximum Gasteiger partial charge on any atom is 0.187 e. The van der Waals surface area contributed by atoms with Gasteiger partial charge in [-0.15, -0.1) is 0 Å². The van der Waals surface area contributed by atoms with Crippen molar-refractivity contribution < 1.29 is 4.79 Å². The number of nitrogens with zero attached hydrogens (tertiary/aromatic N) is 2. The van der Waals surface area contributed by atoms with Crippen LogP contribution in [0.2, 0.25) is 5.15 Å². The van der Waals surface area contributed by atoms with Crippen LogP contribution in [0.5, 0.6) is 0 Å². The van der Waals surface area contributed by atoms with E-state index in [0.29, 0.717) is 16.1 Å². The number of anilines is 1. The molecule has 2 bridgehead atoms. The minimum Gasteiger partial charge on any atom is -0.345 e. The average molecular weight is 243 g/mol. The largest absolute Gasteiger partial charge is 0.345 e. The molecule has 1 aromatic heterocycles. The van der Waals surface area contributed by atoms with Crippen LogP contribution in [-0.4, -0.2) is 23.9 Å². The first kappa shape index (κ1) is 9.60. The molecule has 1 aliphatic carbocycles. The molecule has 0 radical (unpaired) electrons. The van der Waals surface area contributed by atoms with E-state index in [0.717, 1.165) is 23.9 Å². The molecular weight excluding hydrogens is 232 g/mol. The molecule has 0 spiro atoms. The Morgan fingerprint density at radius 3 is 2.93 bits per heavy atom. The fraction of sp³-hybridized carbons (Fsp3) is 0.600. The zero-order chi connectivity index (χ0) is 10.4. The Labute approximate surface area is 97.1 Å². The lowest BCUT2D eigenvalue weighted by atomic mass is 10.1. The molecule has 0 aromatic carbocycles. The van der Waals surface area contributed by atoms with Gasteiger partial charge in [-0.25, -0.2) is 4.98 Å². The van der Waals surface area contributed by atoms with E-state index in [4.69, 9.17) is 11.6 Å². The zero-order valence-corrected chi connectivity index (χ0v) is 9.72. The molecule has 15 heavy (non-hydrogen) atoms. The maximum atomic E-state index is 10.7. The van der Waals surface area contributed by atoms with Crippen molar-refractivity contribution in [1.82, 2.24) is 4.98 Å². The minimum atomic E-state index is 0.354. The van der Waals surface area contributed by atoms with E-state index in [9.17, 15) is 4.79 Å². The van der Waals surface area contributed by atoms with Crippen molar-refractivity contribution in [2.75, 3.05) is 11.4 Å². The highest BCUT2D eigenvalue weighted by molar-refractivity contribution is 7.17. The van der Waals surface area contributed by atoms with E-state index in [-0.39, 0.29) is 0 Å². The average Bonchev–Trinajstić information content (AvgIpc) is 2.90. The van der Waals surface area contributed by atoms with Crippen molar-refractivity contribution in [3.63, 3.8) is 0 Å². The Bertz CT molecular complexity index is 406. The number of aldehydes is 1. The first-order valence-electron chi connectivity index (χ1n) is 5.16. The smallest absolute Gasteiger partial charge is 0.187 e. The molecule has 3 rings (SSSR count). The highest BCUT2D eigenvalue weighted by Gasteiger charge is 2.39. The Balaban J connectivity index is 1.90. The number of hydrogen-bond donors (Lipinski definition) is 0. The summed E-state index contributed by atoms with van der Waals surface area (Å²) >= 11 is 7.28. The molecule has 1 aromatic rings. The summed E-state index contributed by atoms with van der Waals surface area (Å²) in [5.74, 6) is 0.831. The maximum absolute atomic E-state index is 10.7. The van der Waals surface area contributed by atoms with Crippen LogP contribution in [-0.2, 0) is 0 Å². The second-order valence-corrected chi connectivity index (χ2v) is 5.62. The van der Waals surface area contributed by atoms with Gasteiger partial charge in [0.2, 0.25) is 0 Å². The molecule has 1 aliphatic heterocycles. The summed E-state index contributed by atoms with van der Waals surface area (Å²) in [5.41, 5.74) is 0. The summed E-state index contributed by atoms with van der Waals surface area (Å²) in [6.07, 6.45) is 4.69. The molecule has 3 nitrogen and oxygen atoms in total. The van der Waals surface area contributed by atoms with E-state index in [1.807, 2.05) is 0 Å². The third-order valence-electron chi connectivity index (χ3n) is 3.36. The molecular formula is C10H11ClN2OS. The van der Waals surface area contributed by atoms with E-state index in [2.05, 4.69) is 9.88 Å². The van der Waals surface area contributed by atoms with Gasteiger partial charge in [0.15, 0.2) is 16.6 Å². The zero-order valence-electron chi connectivity index (χ0n) is 8.15. The quantitative estimate of drug-likeness (QED) is 0.748. The number of carbonyl (C=O) groups is 1. The van der Waals surface area contributed by atoms with Gasteiger partial charge in [0.25, 0.3) is 0 Å². The van der Waals surface area contributed by atoms with Crippen molar-refractivity contribution in [2.24, 2.45) is 5.92 Å². The van der Waals surface area contributed by atoms with Crippen molar-refractivity contribution >= 4 is 34.4 Å². The van der Waals surface area contributed by atoms with Crippen molar-refractivity contribution in [3.8, 4) is 0 Å². The predicted molar refractivity (Wildman–Crippen MR) is 61.0 cm³/mol. The monoisotopic (exact) mass is 242 g/mol. The minimum absolute atomic E-state index is 0.354. The van der Waals surface area contributed by atoms with Gasteiger partial charge in [0.05, 0.1) is 0 Å². The fourth-order valence-electron chi connectivity index (χ4n) is 2.66. The van der Waals surface area contributed by atoms with E-state index < -0.39 is 0 Å². The van der Waals surface area contributed by atoms with Crippen LogP contribution in [0.15, 0.2) is 0 Å². The number of hydrogen-bond acceptors (Lipinski definition) is 4. The lowest BCUT2D eigenvalue weighted by molar-refractivity contribution is 0.112. The number of piperidine rings is 1. The van der Waals surface area contributed by atoms with Crippen LogP contribution in [0.3, 0.4) is 0 Å². The Morgan fingerprint density at radius 1 is 1.53 bits per heavy atom. The second kappa shape index (κ2) is 3.46. The lowest BCUT2D eigenvalue weighted by Crippen LogP contribution is -2.31. The number of thiazole rings is 1. The third kappa shape index (κ3) is 1.47. The van der Waals surface area contributed by atoms with Gasteiger partial charge < -0.3 is 4.90 Å². The number of halogens is 1. The molecule has 0 N–H and O–H groups in total. The summed E-state index contributed by atoms with van der Waals surface area (Å²) < 4.78 is 0. The van der Waals surface area contributed by atoms with Crippen LogP contribution in [0.25, 0.3) is 0 Å². The SMILES string of the molecule is O=Cc1sc(N2CC3CCC2C3)nc1Cl. The topological polar surface area (TPSA) is 33.2 Å². The summed E-state index contributed by atoms with van der Waals surface area (Å²) in [6.45, 7) is 1.09. The first-order valence-corrected chi connectivity index (χ1v) is 6.35. The van der Waals surface area contributed by atoms with Crippen LogP contribution in [0.4, 0.5) is 5.13 Å². The molecule has 5 heteroatoms. The summed E-state index contributed by atoms with van der Waals surface area (Å²) in [6, 6.07) is 0.636. The molecule has 2 aliphatic rings. The van der Waals surface area contributed by atoms with Gasteiger partial charge in [0.1, 0.15) is 4.88 Å². The Morgan fingerprint density at radius 2 is 2.40 bits per heavy atom. The Kier molecular flexibility index (Phi) is 2.21. The highest BCUT2D eigenvalue weighted by Crippen LogP contribution is 2.42. The number of fused-ring (bicyclic) bond motifs is 2. The van der Waals surface area contributed by atoms with Gasteiger partial charge in [-0.05, 0) is 25.2 Å². The van der Waals surface area contributed by atoms with Crippen LogP contribution < -0.4 is 4.90 Å². The predicted octanol–water partition coefficient (Wildman–Crippen LogP) is 2.60. The molecule has 2 unspecified atom stereocenters. The number of aromatic nitrogens is 1. The van der Waals surface area contributed by atoms with Gasteiger partial charge in [0, 0.05) is 12.6 Å². The van der Waals surface area contributed by atoms with Gasteiger partial charge >= 0.3 is 0 Å². The fourth-order valence-corrected chi connectivity index (χ4v) is 3.80. The normalized spacial score (nSPS) is 28.7.